The molecule has 2 aliphatic carbocycles. The molecule has 1 spiro atoms. The topological polar surface area (TPSA) is 38.7 Å². The van der Waals surface area contributed by atoms with E-state index in [-0.39, 0.29) is 0 Å². The van der Waals surface area contributed by atoms with E-state index >= 15 is 0 Å². The van der Waals surface area contributed by atoms with Crippen LogP contribution < -0.4 is 0 Å². The van der Waals surface area contributed by atoms with Gasteiger partial charge in [-0.15, -0.1) is 0 Å². The minimum absolute atomic E-state index is 0.462. The van der Waals surface area contributed by atoms with Crippen molar-refractivity contribution in [2.24, 2.45) is 0 Å². The van der Waals surface area contributed by atoms with Gasteiger partial charge in [-0.1, -0.05) is 194 Å². The second-order valence-corrected chi connectivity index (χ2v) is 15.0. The number of benzene rings is 9. The van der Waals surface area contributed by atoms with Crippen LogP contribution in [0.1, 0.15) is 22.3 Å². The summed E-state index contributed by atoms with van der Waals surface area (Å²) in [5, 5.41) is 4.62. The van der Waals surface area contributed by atoms with Gasteiger partial charge >= 0.3 is 0 Å². The molecule has 0 aliphatic heterocycles. The zero-order chi connectivity index (χ0) is 37.5. The third-order valence-corrected chi connectivity index (χ3v) is 12.1. The summed E-state index contributed by atoms with van der Waals surface area (Å²) < 4.78 is 0. The SMILES string of the molecule is c1ccc(-c2nc(-c3ccccc3)nc(-c3c(-c4ccc5c(c4)C4(c6ccccc6-c6ccccc64)c4ccccc4-5)c4ccccc4c4ccccc34)n2)cc1. The predicted octanol–water partition coefficient (Wildman–Crippen LogP) is 13.2. The Hall–Kier alpha value is -7.49. The van der Waals surface area contributed by atoms with Crippen LogP contribution in [0.15, 0.2) is 200 Å². The molecule has 57 heavy (non-hydrogen) atoms. The highest BCUT2D eigenvalue weighted by atomic mass is 15.0. The summed E-state index contributed by atoms with van der Waals surface area (Å²) in [4.78, 5) is 15.8. The molecule has 0 radical (unpaired) electrons. The molecule has 0 fully saturated rings. The van der Waals surface area contributed by atoms with Crippen molar-refractivity contribution < 1.29 is 0 Å². The molecular formula is C54H33N3. The maximum atomic E-state index is 5.36. The van der Waals surface area contributed by atoms with Gasteiger partial charge in [0.05, 0.1) is 5.41 Å². The van der Waals surface area contributed by atoms with Crippen LogP contribution in [0, 0.1) is 0 Å². The van der Waals surface area contributed by atoms with Crippen LogP contribution in [0.5, 0.6) is 0 Å². The molecule has 12 rings (SSSR count). The Kier molecular flexibility index (Phi) is 6.84. The summed E-state index contributed by atoms with van der Waals surface area (Å²) in [5.41, 5.74) is 15.1. The second kappa shape index (κ2) is 12.3. The van der Waals surface area contributed by atoms with E-state index in [0.717, 1.165) is 38.6 Å². The van der Waals surface area contributed by atoms with Gasteiger partial charge in [-0.05, 0) is 77.7 Å². The van der Waals surface area contributed by atoms with Crippen molar-refractivity contribution >= 4 is 21.5 Å². The molecule has 0 atom stereocenters. The number of rotatable bonds is 4. The number of fused-ring (bicyclic) bond motifs is 13. The molecule has 0 amide bonds. The van der Waals surface area contributed by atoms with Crippen molar-refractivity contribution in [2.75, 3.05) is 0 Å². The lowest BCUT2D eigenvalue weighted by molar-refractivity contribution is 0.794. The maximum Gasteiger partial charge on any atom is 0.165 e. The first-order chi connectivity index (χ1) is 28.3. The van der Waals surface area contributed by atoms with Crippen molar-refractivity contribution in [2.45, 2.75) is 5.41 Å². The van der Waals surface area contributed by atoms with E-state index in [1.807, 2.05) is 36.4 Å². The highest BCUT2D eigenvalue weighted by Gasteiger charge is 2.51. The highest BCUT2D eigenvalue weighted by Crippen LogP contribution is 2.63. The number of hydrogen-bond acceptors (Lipinski definition) is 3. The molecule has 0 bridgehead atoms. The summed E-state index contributed by atoms with van der Waals surface area (Å²) in [6, 6.07) is 72.1. The van der Waals surface area contributed by atoms with E-state index in [2.05, 4.69) is 164 Å². The van der Waals surface area contributed by atoms with Crippen LogP contribution in [-0.2, 0) is 5.41 Å². The van der Waals surface area contributed by atoms with Crippen molar-refractivity contribution in [1.29, 1.82) is 0 Å². The third kappa shape index (κ3) is 4.51. The van der Waals surface area contributed by atoms with Gasteiger partial charge in [0.15, 0.2) is 17.5 Å². The molecule has 1 aromatic heterocycles. The summed E-state index contributed by atoms with van der Waals surface area (Å²) in [6.07, 6.45) is 0. The normalized spacial score (nSPS) is 13.1. The van der Waals surface area contributed by atoms with Crippen LogP contribution in [-0.4, -0.2) is 15.0 Å². The first-order valence-electron chi connectivity index (χ1n) is 19.5. The molecule has 0 saturated heterocycles. The van der Waals surface area contributed by atoms with Crippen LogP contribution in [0.2, 0.25) is 0 Å². The smallest absolute Gasteiger partial charge is 0.165 e. The number of nitrogens with zero attached hydrogens (tertiary/aromatic N) is 3. The Bertz CT molecular complexity index is 3120. The minimum atomic E-state index is -0.462. The zero-order valence-corrected chi connectivity index (χ0v) is 30.9. The van der Waals surface area contributed by atoms with Crippen LogP contribution in [0.25, 0.3) is 89.1 Å². The van der Waals surface area contributed by atoms with Gasteiger partial charge in [-0.25, -0.2) is 15.0 Å². The van der Waals surface area contributed by atoms with E-state index in [1.54, 1.807) is 0 Å². The third-order valence-electron chi connectivity index (χ3n) is 12.1. The van der Waals surface area contributed by atoms with Crippen molar-refractivity contribution in [3.05, 3.63) is 222 Å². The highest BCUT2D eigenvalue weighted by molar-refractivity contribution is 6.21. The van der Waals surface area contributed by atoms with Crippen LogP contribution >= 0.6 is 0 Å². The minimum Gasteiger partial charge on any atom is -0.208 e. The standard InChI is InChI=1S/C54H33N3/c1-3-17-34(18-4-1)51-55-52(35-19-5-2-6-20-35)57-53(56-51)50-44-27-10-8-22-38(44)37-21-7-9-26-43(37)49(50)36-31-32-42-41-25-13-16-30-47(41)54(48(42)33-36)45-28-14-11-23-39(45)40-24-12-15-29-46(40)54/h1-33H. The lowest BCUT2D eigenvalue weighted by Crippen LogP contribution is -2.25. The lowest BCUT2D eigenvalue weighted by Gasteiger charge is -2.31. The predicted molar refractivity (Wildman–Crippen MR) is 233 cm³/mol. The Balaban J connectivity index is 1.21. The van der Waals surface area contributed by atoms with Gasteiger partial charge in [0.1, 0.15) is 0 Å². The Morgan fingerprint density at radius 3 is 1.16 bits per heavy atom. The zero-order valence-electron chi connectivity index (χ0n) is 30.9. The molecule has 0 unspecified atom stereocenters. The summed E-state index contributed by atoms with van der Waals surface area (Å²) in [7, 11) is 0. The summed E-state index contributed by atoms with van der Waals surface area (Å²) in [5.74, 6) is 1.94. The van der Waals surface area contributed by atoms with Crippen LogP contribution in [0.3, 0.4) is 0 Å². The molecule has 1 heterocycles. The molecule has 3 heteroatoms. The van der Waals surface area contributed by atoms with E-state index in [1.165, 1.54) is 55.3 Å². The Labute approximate surface area is 330 Å². The second-order valence-electron chi connectivity index (χ2n) is 15.0. The van der Waals surface area contributed by atoms with Crippen molar-refractivity contribution in [3.8, 4) is 67.5 Å². The molecule has 3 nitrogen and oxygen atoms in total. The van der Waals surface area contributed by atoms with Gasteiger partial charge in [-0.2, -0.15) is 0 Å². The first kappa shape index (κ1) is 31.8. The van der Waals surface area contributed by atoms with Gasteiger partial charge < -0.3 is 0 Å². The average molecular weight is 724 g/mol. The van der Waals surface area contributed by atoms with E-state index < -0.39 is 5.41 Å². The number of aromatic nitrogens is 3. The maximum absolute atomic E-state index is 5.36. The quantitative estimate of drug-likeness (QED) is 0.170. The first-order valence-corrected chi connectivity index (χ1v) is 19.5. The largest absolute Gasteiger partial charge is 0.208 e. The molecule has 0 N–H and O–H groups in total. The average Bonchev–Trinajstić information content (AvgIpc) is 3.76. The lowest BCUT2D eigenvalue weighted by atomic mass is 9.70. The molecule has 10 aromatic rings. The fraction of sp³-hybridized carbons (Fsp3) is 0.0185. The van der Waals surface area contributed by atoms with Crippen LogP contribution in [0.4, 0.5) is 0 Å². The van der Waals surface area contributed by atoms with Gasteiger partial charge in [0.2, 0.25) is 0 Å². The number of hydrogen-bond donors (Lipinski definition) is 0. The van der Waals surface area contributed by atoms with Gasteiger partial charge in [0.25, 0.3) is 0 Å². The fourth-order valence-corrected chi connectivity index (χ4v) is 9.84. The van der Waals surface area contributed by atoms with E-state index in [9.17, 15) is 0 Å². The summed E-state index contributed by atoms with van der Waals surface area (Å²) in [6.45, 7) is 0. The monoisotopic (exact) mass is 723 g/mol. The molecule has 264 valence electrons. The Morgan fingerprint density at radius 1 is 0.263 bits per heavy atom. The Morgan fingerprint density at radius 2 is 0.649 bits per heavy atom. The van der Waals surface area contributed by atoms with Crippen molar-refractivity contribution in [1.82, 2.24) is 15.0 Å². The molecular weight excluding hydrogens is 691 g/mol. The van der Waals surface area contributed by atoms with E-state index in [4.69, 9.17) is 15.0 Å². The molecule has 0 saturated carbocycles. The van der Waals surface area contributed by atoms with E-state index in [0.29, 0.717) is 17.5 Å². The van der Waals surface area contributed by atoms with Crippen molar-refractivity contribution in [3.63, 3.8) is 0 Å². The molecule has 2 aliphatic rings. The van der Waals surface area contributed by atoms with Gasteiger partial charge in [-0.3, -0.25) is 0 Å². The van der Waals surface area contributed by atoms with Gasteiger partial charge in [0, 0.05) is 22.3 Å². The summed E-state index contributed by atoms with van der Waals surface area (Å²) >= 11 is 0. The molecule has 9 aromatic carbocycles. The fourth-order valence-electron chi connectivity index (χ4n) is 9.84.